The third-order valence-electron chi connectivity index (χ3n) is 4.96. The third kappa shape index (κ3) is 5.53. The second kappa shape index (κ2) is 8.83. The number of amides is 1. The fourth-order valence-electron chi connectivity index (χ4n) is 3.30. The number of hydrogen-bond acceptors (Lipinski definition) is 4. The molecular formula is C20H21F4N3O3S. The van der Waals surface area contributed by atoms with Gasteiger partial charge in [0.2, 0.25) is 15.9 Å². The van der Waals surface area contributed by atoms with E-state index in [0.717, 1.165) is 36.4 Å². The average Bonchev–Trinajstić information content (AvgIpc) is 2.73. The highest BCUT2D eigenvalue weighted by Crippen LogP contribution is 2.31. The summed E-state index contributed by atoms with van der Waals surface area (Å²) >= 11 is 0. The van der Waals surface area contributed by atoms with E-state index in [1.165, 1.54) is 17.9 Å². The van der Waals surface area contributed by atoms with Crippen molar-refractivity contribution < 1.29 is 30.8 Å². The van der Waals surface area contributed by atoms with Crippen molar-refractivity contribution in [1.29, 1.82) is 0 Å². The maximum Gasteiger partial charge on any atom is 0.416 e. The molecule has 1 saturated heterocycles. The second-order valence-corrected chi connectivity index (χ2v) is 8.87. The van der Waals surface area contributed by atoms with Crippen molar-refractivity contribution in [3.05, 3.63) is 59.9 Å². The Kier molecular flexibility index (Phi) is 6.56. The molecule has 6 nitrogen and oxygen atoms in total. The van der Waals surface area contributed by atoms with Crippen LogP contribution in [0.3, 0.4) is 0 Å². The van der Waals surface area contributed by atoms with Gasteiger partial charge in [-0.25, -0.2) is 12.8 Å². The summed E-state index contributed by atoms with van der Waals surface area (Å²) in [5, 5.41) is 0. The summed E-state index contributed by atoms with van der Waals surface area (Å²) < 4.78 is 78.8. The molecule has 2 aromatic rings. The van der Waals surface area contributed by atoms with Crippen molar-refractivity contribution in [1.82, 2.24) is 9.62 Å². The maximum absolute atomic E-state index is 13.0. The third-order valence-corrected chi connectivity index (χ3v) is 6.51. The molecular weight excluding hydrogens is 438 g/mol. The largest absolute Gasteiger partial charge is 0.416 e. The number of halogens is 4. The number of benzene rings is 2. The van der Waals surface area contributed by atoms with Crippen molar-refractivity contribution in [2.45, 2.75) is 24.0 Å². The fourth-order valence-corrected chi connectivity index (χ4v) is 4.50. The van der Waals surface area contributed by atoms with Crippen LogP contribution in [-0.4, -0.2) is 51.4 Å². The Morgan fingerprint density at radius 1 is 1.03 bits per heavy atom. The fraction of sp³-hybridized carbons (Fsp3) is 0.350. The monoisotopic (exact) mass is 459 g/mol. The van der Waals surface area contributed by atoms with Crippen LogP contribution in [0.5, 0.6) is 0 Å². The van der Waals surface area contributed by atoms with Crippen molar-refractivity contribution >= 4 is 21.6 Å². The van der Waals surface area contributed by atoms with Gasteiger partial charge in [0, 0.05) is 31.9 Å². The summed E-state index contributed by atoms with van der Waals surface area (Å²) in [5.41, 5.74) is -0.334. The molecule has 1 N–H and O–H groups in total. The molecule has 0 radical (unpaired) electrons. The van der Waals surface area contributed by atoms with Gasteiger partial charge in [0.25, 0.3) is 0 Å². The van der Waals surface area contributed by atoms with E-state index < -0.39 is 39.5 Å². The van der Waals surface area contributed by atoms with Crippen molar-refractivity contribution in [2.75, 3.05) is 31.1 Å². The zero-order valence-corrected chi connectivity index (χ0v) is 17.4. The van der Waals surface area contributed by atoms with Gasteiger partial charge in [0.1, 0.15) is 5.82 Å². The van der Waals surface area contributed by atoms with Gasteiger partial charge in [-0.3, -0.25) is 4.79 Å². The molecule has 1 heterocycles. The summed E-state index contributed by atoms with van der Waals surface area (Å²) in [4.78, 5) is 15.7. The molecule has 1 aliphatic rings. The van der Waals surface area contributed by atoms with Gasteiger partial charge >= 0.3 is 6.18 Å². The molecule has 0 spiro atoms. The Labute approximate surface area is 177 Å². The van der Waals surface area contributed by atoms with E-state index >= 15 is 0 Å². The first-order valence-corrected chi connectivity index (χ1v) is 10.9. The Morgan fingerprint density at radius 3 is 2.23 bits per heavy atom. The van der Waals surface area contributed by atoms with Crippen molar-refractivity contribution in [2.24, 2.45) is 0 Å². The van der Waals surface area contributed by atoms with Gasteiger partial charge in [-0.1, -0.05) is 6.07 Å². The van der Waals surface area contributed by atoms with Gasteiger partial charge in [-0.15, -0.1) is 0 Å². The predicted octanol–water partition coefficient (Wildman–Crippen LogP) is 2.86. The number of sulfonamides is 1. The lowest BCUT2D eigenvalue weighted by molar-refractivity contribution is -0.137. The molecule has 0 aromatic heterocycles. The Bertz CT molecular complexity index is 1030. The zero-order valence-electron chi connectivity index (χ0n) is 16.6. The number of rotatable bonds is 5. The van der Waals surface area contributed by atoms with Crippen LogP contribution >= 0.6 is 0 Å². The molecule has 1 aliphatic heterocycles. The zero-order chi connectivity index (χ0) is 22.8. The van der Waals surface area contributed by atoms with Gasteiger partial charge in [-0.05, 0) is 49.4 Å². The van der Waals surface area contributed by atoms with E-state index in [-0.39, 0.29) is 18.0 Å². The van der Waals surface area contributed by atoms with E-state index in [1.54, 1.807) is 11.0 Å². The Balaban J connectivity index is 1.60. The number of carbonyl (C=O) groups is 1. The number of nitrogens with one attached hydrogen (secondary N) is 1. The predicted molar refractivity (Wildman–Crippen MR) is 106 cm³/mol. The van der Waals surface area contributed by atoms with Crippen LogP contribution < -0.4 is 9.62 Å². The van der Waals surface area contributed by atoms with Crippen LogP contribution in [0.1, 0.15) is 12.5 Å². The highest BCUT2D eigenvalue weighted by atomic mass is 32.2. The van der Waals surface area contributed by atoms with Crippen LogP contribution in [-0.2, 0) is 21.0 Å². The normalized spacial score (nSPS) is 16.3. The SMILES string of the molecule is C[C@H](NS(=O)(=O)c1ccc(F)cc1)C(=O)N1CCN(c2cccc(C(F)(F)F)c2)CC1. The summed E-state index contributed by atoms with van der Waals surface area (Å²) in [6, 6.07) is 8.13. The highest BCUT2D eigenvalue weighted by Gasteiger charge is 2.32. The first-order chi connectivity index (χ1) is 14.5. The molecule has 0 bridgehead atoms. The molecule has 31 heavy (non-hydrogen) atoms. The van der Waals surface area contributed by atoms with Crippen LogP contribution in [0.25, 0.3) is 0 Å². The van der Waals surface area contributed by atoms with Gasteiger partial charge in [-0.2, -0.15) is 17.9 Å². The van der Waals surface area contributed by atoms with Crippen molar-refractivity contribution in [3.8, 4) is 0 Å². The second-order valence-electron chi connectivity index (χ2n) is 7.16. The number of carbonyl (C=O) groups excluding carboxylic acids is 1. The Hall–Kier alpha value is -2.66. The molecule has 1 amide bonds. The van der Waals surface area contributed by atoms with E-state index in [1.807, 2.05) is 0 Å². The minimum Gasteiger partial charge on any atom is -0.368 e. The average molecular weight is 459 g/mol. The molecule has 1 fully saturated rings. The summed E-state index contributed by atoms with van der Waals surface area (Å²) in [5.74, 6) is -1.03. The summed E-state index contributed by atoms with van der Waals surface area (Å²) in [6.07, 6.45) is -4.44. The maximum atomic E-state index is 13.0. The summed E-state index contributed by atoms with van der Waals surface area (Å²) in [6.45, 7) is 2.49. The molecule has 168 valence electrons. The van der Waals surface area contributed by atoms with Crippen molar-refractivity contribution in [3.63, 3.8) is 0 Å². The minimum absolute atomic E-state index is 0.164. The van der Waals surface area contributed by atoms with Crippen LogP contribution in [0.15, 0.2) is 53.4 Å². The highest BCUT2D eigenvalue weighted by molar-refractivity contribution is 7.89. The van der Waals surface area contributed by atoms with E-state index in [0.29, 0.717) is 18.8 Å². The first-order valence-electron chi connectivity index (χ1n) is 9.46. The molecule has 0 saturated carbocycles. The van der Waals surface area contributed by atoms with E-state index in [9.17, 15) is 30.8 Å². The molecule has 0 aliphatic carbocycles. The quantitative estimate of drug-likeness (QED) is 0.699. The number of anilines is 1. The van der Waals surface area contributed by atoms with Crippen LogP contribution in [0.4, 0.5) is 23.2 Å². The number of nitrogens with zero attached hydrogens (tertiary/aromatic N) is 2. The van der Waals surface area contributed by atoms with E-state index in [4.69, 9.17) is 0 Å². The molecule has 2 aromatic carbocycles. The topological polar surface area (TPSA) is 69.7 Å². The first kappa shape index (κ1) is 23.0. The van der Waals surface area contributed by atoms with Crippen LogP contribution in [0.2, 0.25) is 0 Å². The Morgan fingerprint density at radius 2 is 1.65 bits per heavy atom. The molecule has 11 heteroatoms. The number of hydrogen-bond donors (Lipinski definition) is 1. The standard InChI is InChI=1S/C20H21F4N3O3S/c1-14(25-31(29,30)18-7-5-16(21)6-8-18)19(28)27-11-9-26(10-12-27)17-4-2-3-15(13-17)20(22,23)24/h2-8,13-14,25H,9-12H2,1H3/t14-/m0/s1. The van der Waals surface area contributed by atoms with Gasteiger partial charge < -0.3 is 9.80 Å². The molecule has 0 unspecified atom stereocenters. The lowest BCUT2D eigenvalue weighted by Gasteiger charge is -2.37. The number of piperazine rings is 1. The lowest BCUT2D eigenvalue weighted by Crippen LogP contribution is -2.54. The smallest absolute Gasteiger partial charge is 0.368 e. The minimum atomic E-state index is -4.44. The lowest BCUT2D eigenvalue weighted by atomic mass is 10.1. The van der Waals surface area contributed by atoms with Gasteiger partial charge in [0.15, 0.2) is 0 Å². The van der Waals surface area contributed by atoms with E-state index in [2.05, 4.69) is 4.72 Å². The molecule has 1 atom stereocenters. The summed E-state index contributed by atoms with van der Waals surface area (Å²) in [7, 11) is -4.01. The van der Waals surface area contributed by atoms with Gasteiger partial charge in [0.05, 0.1) is 16.5 Å². The molecule has 3 rings (SSSR count). The van der Waals surface area contributed by atoms with Crippen LogP contribution in [0, 0.1) is 5.82 Å². The number of alkyl halides is 3.